The van der Waals surface area contributed by atoms with Crippen LogP contribution in [0.15, 0.2) is 36.0 Å². The van der Waals surface area contributed by atoms with E-state index in [0.29, 0.717) is 13.2 Å². The Morgan fingerprint density at radius 2 is 1.92 bits per heavy atom. The highest BCUT2D eigenvalue weighted by molar-refractivity contribution is 5.97. The molecule has 0 aromatic heterocycles. The maximum atomic E-state index is 12.3. The molecule has 5 nitrogen and oxygen atoms in total. The van der Waals surface area contributed by atoms with Gasteiger partial charge in [-0.2, -0.15) is 5.26 Å². The molecule has 1 atom stereocenters. The number of nitriles is 1. The highest BCUT2D eigenvalue weighted by Gasteiger charge is 2.13. The lowest BCUT2D eigenvalue weighted by Crippen LogP contribution is -2.28. The van der Waals surface area contributed by atoms with Crippen molar-refractivity contribution in [2.75, 3.05) is 19.8 Å². The van der Waals surface area contributed by atoms with E-state index in [2.05, 4.69) is 36.6 Å². The lowest BCUT2D eigenvalue weighted by atomic mass is 10.0. The first-order chi connectivity index (χ1) is 12.6. The molecule has 1 aromatic carbocycles. The normalized spacial score (nSPS) is 12.3. The maximum absolute atomic E-state index is 12.3. The Bertz CT molecular complexity index is 603. The molecule has 142 valence electrons. The molecule has 1 aromatic rings. The van der Waals surface area contributed by atoms with Crippen LogP contribution in [0, 0.1) is 11.3 Å². The molecule has 0 aliphatic rings. The first-order valence-electron chi connectivity index (χ1n) is 9.43. The lowest BCUT2D eigenvalue weighted by Gasteiger charge is -2.14. The van der Waals surface area contributed by atoms with Crippen molar-refractivity contribution in [2.45, 2.75) is 52.5 Å². The number of benzene rings is 1. The van der Waals surface area contributed by atoms with Crippen LogP contribution in [-0.2, 0) is 16.0 Å². The molecule has 5 heteroatoms. The number of amides is 1. The standard InChI is InChI=1S/C21H31N3O2/c1-4-6-13-26-14-7-12-23-16-20(15-22)21(25)24-17(3)19-10-8-18(5-2)9-11-19/h8-11,16-17,23H,4-7,12-14H2,1-3H3,(H,24,25)/b20-16-. The Morgan fingerprint density at radius 3 is 2.54 bits per heavy atom. The summed E-state index contributed by atoms with van der Waals surface area (Å²) in [5.74, 6) is -0.369. The maximum Gasteiger partial charge on any atom is 0.263 e. The van der Waals surface area contributed by atoms with Gasteiger partial charge in [-0.15, -0.1) is 0 Å². The van der Waals surface area contributed by atoms with E-state index in [4.69, 9.17) is 4.74 Å². The van der Waals surface area contributed by atoms with Crippen molar-refractivity contribution in [2.24, 2.45) is 0 Å². The summed E-state index contributed by atoms with van der Waals surface area (Å²) in [6.07, 6.45) is 5.50. The Hall–Kier alpha value is -2.32. The largest absolute Gasteiger partial charge is 0.390 e. The second-order valence-corrected chi connectivity index (χ2v) is 6.23. The van der Waals surface area contributed by atoms with Crippen molar-refractivity contribution in [3.8, 4) is 6.07 Å². The molecule has 1 amide bonds. The quantitative estimate of drug-likeness (QED) is 0.340. The van der Waals surface area contributed by atoms with Gasteiger partial charge in [-0.3, -0.25) is 4.79 Å². The molecule has 0 saturated carbocycles. The van der Waals surface area contributed by atoms with Gasteiger partial charge in [0.1, 0.15) is 11.6 Å². The van der Waals surface area contributed by atoms with Crippen molar-refractivity contribution in [3.63, 3.8) is 0 Å². The molecular weight excluding hydrogens is 326 g/mol. The highest BCUT2D eigenvalue weighted by atomic mass is 16.5. The summed E-state index contributed by atoms with van der Waals surface area (Å²) in [7, 11) is 0. The first-order valence-corrected chi connectivity index (χ1v) is 9.43. The van der Waals surface area contributed by atoms with Crippen LogP contribution in [0.2, 0.25) is 0 Å². The third-order valence-electron chi connectivity index (χ3n) is 4.10. The van der Waals surface area contributed by atoms with E-state index in [9.17, 15) is 10.1 Å². The number of unbranched alkanes of at least 4 members (excludes halogenated alkanes) is 1. The van der Waals surface area contributed by atoms with E-state index in [1.807, 2.05) is 25.1 Å². The molecule has 1 unspecified atom stereocenters. The number of hydrogen-bond donors (Lipinski definition) is 2. The summed E-state index contributed by atoms with van der Waals surface area (Å²) in [5, 5.41) is 15.1. The summed E-state index contributed by atoms with van der Waals surface area (Å²) in [4.78, 5) is 12.3. The average molecular weight is 357 g/mol. The zero-order valence-corrected chi connectivity index (χ0v) is 16.2. The molecule has 0 radical (unpaired) electrons. The van der Waals surface area contributed by atoms with Crippen LogP contribution >= 0.6 is 0 Å². The molecule has 1 rings (SSSR count). The smallest absolute Gasteiger partial charge is 0.263 e. The number of carbonyl (C=O) groups excluding carboxylic acids is 1. The summed E-state index contributed by atoms with van der Waals surface area (Å²) < 4.78 is 5.47. The monoisotopic (exact) mass is 357 g/mol. The van der Waals surface area contributed by atoms with Crippen molar-refractivity contribution in [1.82, 2.24) is 10.6 Å². The lowest BCUT2D eigenvalue weighted by molar-refractivity contribution is -0.117. The van der Waals surface area contributed by atoms with Crippen LogP contribution < -0.4 is 10.6 Å². The van der Waals surface area contributed by atoms with Crippen molar-refractivity contribution in [3.05, 3.63) is 47.2 Å². The van der Waals surface area contributed by atoms with Gasteiger partial charge < -0.3 is 15.4 Å². The number of nitrogens with one attached hydrogen (secondary N) is 2. The summed E-state index contributed by atoms with van der Waals surface area (Å²) >= 11 is 0. The minimum Gasteiger partial charge on any atom is -0.390 e. The number of aryl methyl sites for hydroxylation is 1. The number of carbonyl (C=O) groups is 1. The minimum atomic E-state index is -0.369. The van der Waals surface area contributed by atoms with Crippen molar-refractivity contribution < 1.29 is 9.53 Å². The third-order valence-corrected chi connectivity index (χ3v) is 4.10. The van der Waals surface area contributed by atoms with Crippen LogP contribution in [0.4, 0.5) is 0 Å². The molecule has 26 heavy (non-hydrogen) atoms. The predicted octanol–water partition coefficient (Wildman–Crippen LogP) is 3.63. The van der Waals surface area contributed by atoms with E-state index >= 15 is 0 Å². The number of rotatable bonds is 12. The van der Waals surface area contributed by atoms with Crippen LogP contribution in [0.3, 0.4) is 0 Å². The predicted molar refractivity (Wildman–Crippen MR) is 104 cm³/mol. The zero-order valence-electron chi connectivity index (χ0n) is 16.2. The Morgan fingerprint density at radius 1 is 1.23 bits per heavy atom. The average Bonchev–Trinajstić information content (AvgIpc) is 2.66. The van der Waals surface area contributed by atoms with Gasteiger partial charge in [0.15, 0.2) is 0 Å². The van der Waals surface area contributed by atoms with Gasteiger partial charge in [-0.05, 0) is 37.3 Å². The van der Waals surface area contributed by atoms with Gasteiger partial charge >= 0.3 is 0 Å². The SMILES string of the molecule is CCCCOCCCN/C=C(/C#N)C(=O)NC(C)c1ccc(CC)cc1. The fraction of sp³-hybridized carbons (Fsp3) is 0.524. The number of hydrogen-bond acceptors (Lipinski definition) is 4. The Balaban J connectivity index is 2.40. The molecule has 0 aliphatic carbocycles. The van der Waals surface area contributed by atoms with E-state index in [0.717, 1.165) is 37.9 Å². The fourth-order valence-electron chi connectivity index (χ4n) is 2.35. The van der Waals surface area contributed by atoms with E-state index in [-0.39, 0.29) is 17.5 Å². The molecule has 0 aliphatic heterocycles. The molecule has 0 bridgehead atoms. The minimum absolute atomic E-state index is 0.0777. The Labute approximate surface area is 157 Å². The molecule has 0 saturated heterocycles. The van der Waals surface area contributed by atoms with Crippen LogP contribution in [-0.4, -0.2) is 25.7 Å². The zero-order chi connectivity index (χ0) is 19.2. The topological polar surface area (TPSA) is 74.1 Å². The van der Waals surface area contributed by atoms with Crippen molar-refractivity contribution >= 4 is 5.91 Å². The van der Waals surface area contributed by atoms with Crippen LogP contribution in [0.5, 0.6) is 0 Å². The van der Waals surface area contributed by atoms with Gasteiger partial charge in [0.2, 0.25) is 0 Å². The summed E-state index contributed by atoms with van der Waals surface area (Å²) in [5.41, 5.74) is 2.35. The van der Waals surface area contributed by atoms with Gasteiger partial charge in [0, 0.05) is 26.0 Å². The van der Waals surface area contributed by atoms with Gasteiger partial charge in [0.25, 0.3) is 5.91 Å². The van der Waals surface area contributed by atoms with Crippen LogP contribution in [0.1, 0.15) is 57.2 Å². The second kappa shape index (κ2) is 13.0. The molecule has 2 N–H and O–H groups in total. The molecule has 0 spiro atoms. The molecule has 0 fully saturated rings. The molecule has 0 heterocycles. The summed E-state index contributed by atoms with van der Waals surface area (Å²) in [6.45, 7) is 8.28. The van der Waals surface area contributed by atoms with Gasteiger partial charge in [-0.1, -0.05) is 44.5 Å². The second-order valence-electron chi connectivity index (χ2n) is 6.23. The molecular formula is C21H31N3O2. The van der Waals surface area contributed by atoms with Crippen molar-refractivity contribution in [1.29, 1.82) is 5.26 Å². The fourth-order valence-corrected chi connectivity index (χ4v) is 2.35. The van der Waals surface area contributed by atoms with E-state index in [1.54, 1.807) is 0 Å². The third kappa shape index (κ3) is 8.17. The summed E-state index contributed by atoms with van der Waals surface area (Å²) in [6, 6.07) is 9.93. The number of ether oxygens (including phenoxy) is 1. The van der Waals surface area contributed by atoms with Crippen LogP contribution in [0.25, 0.3) is 0 Å². The van der Waals surface area contributed by atoms with Gasteiger partial charge in [0.05, 0.1) is 6.04 Å². The number of nitrogens with zero attached hydrogens (tertiary/aromatic N) is 1. The highest BCUT2D eigenvalue weighted by Crippen LogP contribution is 2.14. The van der Waals surface area contributed by atoms with Gasteiger partial charge in [-0.25, -0.2) is 0 Å². The van der Waals surface area contributed by atoms with E-state index < -0.39 is 0 Å². The first kappa shape index (κ1) is 21.7. The Kier molecular flexibility index (Phi) is 10.8. The van der Waals surface area contributed by atoms with E-state index in [1.165, 1.54) is 11.8 Å².